The maximum absolute atomic E-state index is 9.63. The SMILES string of the molecule is [C-]#[N+]/C(C#N)=C1C=C(/C=C/c2cc3c4c(c2)C(C)(C25CCC(CCCCC)(CC2)CC5)CCN4CCC3(C)C)OC(C(C)(C)C)=C\1. The molecule has 3 aliphatic heterocycles. The van der Waals surface area contributed by atoms with E-state index in [0.29, 0.717) is 22.2 Å². The molecule has 1 aromatic rings. The zero-order valence-electron chi connectivity index (χ0n) is 29.6. The molecule has 2 bridgehead atoms. The second-order valence-corrected chi connectivity index (χ2v) is 17.2. The second-order valence-electron chi connectivity index (χ2n) is 17.2. The Morgan fingerprint density at radius 2 is 1.63 bits per heavy atom. The molecule has 3 aliphatic carbocycles. The molecular weight excluding hydrogens is 562 g/mol. The molecule has 3 heterocycles. The maximum atomic E-state index is 9.63. The standard InChI is InChI=1S/C42H55N3O/c1-9-10-11-14-41-15-18-42(19-16-41,20-17-41)40(7)22-24-45-23-21-39(5,6)33-25-30(26-34(40)37(33)45)12-13-32-27-31(35(29-43)44-8)28-36(46-32)38(2,3)4/h12-13,25-28H,9-11,14-24H2,1-7H3/b13-12+,35-31+. The van der Waals surface area contributed by atoms with E-state index in [-0.39, 0.29) is 21.9 Å². The molecule has 3 saturated carbocycles. The van der Waals surface area contributed by atoms with Crippen LogP contribution in [0.2, 0.25) is 0 Å². The normalized spacial score (nSPS) is 30.9. The summed E-state index contributed by atoms with van der Waals surface area (Å²) in [5.41, 5.74) is 7.58. The smallest absolute Gasteiger partial charge is 0.269 e. The largest absolute Gasteiger partial charge is 0.461 e. The first kappa shape index (κ1) is 32.7. The number of ether oxygens (including phenoxy) is 1. The lowest BCUT2D eigenvalue weighted by Crippen LogP contribution is -2.56. The quantitative estimate of drug-likeness (QED) is 0.174. The van der Waals surface area contributed by atoms with Gasteiger partial charge >= 0.3 is 0 Å². The van der Waals surface area contributed by atoms with Gasteiger partial charge in [0.1, 0.15) is 11.5 Å². The molecular formula is C42H55N3O. The van der Waals surface area contributed by atoms with Gasteiger partial charge in [0.05, 0.1) is 12.6 Å². The van der Waals surface area contributed by atoms with Crippen molar-refractivity contribution in [3.63, 3.8) is 0 Å². The summed E-state index contributed by atoms with van der Waals surface area (Å²) in [5, 5.41) is 9.63. The van der Waals surface area contributed by atoms with Crippen molar-refractivity contribution in [1.29, 1.82) is 5.26 Å². The van der Waals surface area contributed by atoms with Gasteiger partial charge in [-0.05, 0) is 127 Å². The first-order chi connectivity index (χ1) is 21.8. The third kappa shape index (κ3) is 5.55. The van der Waals surface area contributed by atoms with E-state index in [4.69, 9.17) is 11.3 Å². The monoisotopic (exact) mass is 617 g/mol. The van der Waals surface area contributed by atoms with Crippen molar-refractivity contribution in [2.75, 3.05) is 18.0 Å². The van der Waals surface area contributed by atoms with Crippen LogP contribution in [0, 0.1) is 34.1 Å². The summed E-state index contributed by atoms with van der Waals surface area (Å²) >= 11 is 0. The minimum absolute atomic E-state index is 0.0976. The van der Waals surface area contributed by atoms with Crippen LogP contribution in [0.4, 0.5) is 5.69 Å². The van der Waals surface area contributed by atoms with Crippen LogP contribution in [-0.2, 0) is 15.6 Å². The van der Waals surface area contributed by atoms with Gasteiger partial charge in [-0.1, -0.05) is 73.8 Å². The molecule has 0 N–H and O–H groups in total. The van der Waals surface area contributed by atoms with Gasteiger partial charge in [0.2, 0.25) is 0 Å². The summed E-state index contributed by atoms with van der Waals surface area (Å²) in [6, 6.07) is 7.04. The Hall–Kier alpha value is -3.24. The lowest BCUT2D eigenvalue weighted by molar-refractivity contribution is -0.0662. The lowest BCUT2D eigenvalue weighted by Gasteiger charge is -2.63. The number of hydrogen-bond acceptors (Lipinski definition) is 3. The third-order valence-electron chi connectivity index (χ3n) is 13.0. The molecule has 1 aromatic carbocycles. The number of fused-ring (bicyclic) bond motifs is 3. The van der Waals surface area contributed by atoms with Crippen LogP contribution in [0.25, 0.3) is 10.9 Å². The van der Waals surface area contributed by atoms with E-state index in [2.05, 4.69) is 82.5 Å². The van der Waals surface area contributed by atoms with E-state index >= 15 is 0 Å². The molecule has 0 radical (unpaired) electrons. The van der Waals surface area contributed by atoms with Crippen molar-refractivity contribution in [1.82, 2.24) is 0 Å². The second kappa shape index (κ2) is 11.8. The topological polar surface area (TPSA) is 40.6 Å². The Kier molecular flexibility index (Phi) is 8.37. The predicted octanol–water partition coefficient (Wildman–Crippen LogP) is 11.3. The Morgan fingerprint density at radius 1 is 0.957 bits per heavy atom. The van der Waals surface area contributed by atoms with Crippen molar-refractivity contribution in [3.8, 4) is 6.07 Å². The first-order valence-corrected chi connectivity index (χ1v) is 18.0. The first-order valence-electron chi connectivity index (χ1n) is 18.0. The van der Waals surface area contributed by atoms with Gasteiger partial charge in [-0.25, -0.2) is 10.1 Å². The Morgan fingerprint density at radius 3 is 2.26 bits per heavy atom. The Balaban J connectivity index is 1.39. The highest BCUT2D eigenvalue weighted by molar-refractivity contribution is 5.72. The number of benzene rings is 1. The van der Waals surface area contributed by atoms with Crippen LogP contribution >= 0.6 is 0 Å². The van der Waals surface area contributed by atoms with E-state index in [1.165, 1.54) is 100 Å². The molecule has 3 fully saturated rings. The molecule has 46 heavy (non-hydrogen) atoms. The van der Waals surface area contributed by atoms with Crippen LogP contribution in [0.15, 0.2) is 53.1 Å². The molecule has 0 spiro atoms. The zero-order chi connectivity index (χ0) is 33.0. The van der Waals surface area contributed by atoms with Crippen LogP contribution in [0.3, 0.4) is 0 Å². The third-order valence-corrected chi connectivity index (χ3v) is 13.0. The molecule has 4 nitrogen and oxygen atoms in total. The van der Waals surface area contributed by atoms with Gasteiger partial charge in [0.25, 0.3) is 5.70 Å². The van der Waals surface area contributed by atoms with Crippen molar-refractivity contribution < 1.29 is 4.74 Å². The van der Waals surface area contributed by atoms with Gasteiger partial charge < -0.3 is 9.64 Å². The average molecular weight is 618 g/mol. The minimum Gasteiger partial charge on any atom is -0.461 e. The van der Waals surface area contributed by atoms with Crippen LogP contribution in [0.5, 0.6) is 0 Å². The van der Waals surface area contributed by atoms with Crippen LogP contribution in [-0.4, -0.2) is 13.1 Å². The van der Waals surface area contributed by atoms with E-state index in [1.807, 2.05) is 18.2 Å². The van der Waals surface area contributed by atoms with Gasteiger partial charge in [0.15, 0.2) is 0 Å². The molecule has 1 unspecified atom stereocenters. The fourth-order valence-electron chi connectivity index (χ4n) is 9.62. The van der Waals surface area contributed by atoms with Gasteiger partial charge in [-0.15, -0.1) is 0 Å². The molecule has 0 amide bonds. The Bertz CT molecular complexity index is 1560. The molecule has 0 saturated heterocycles. The molecule has 0 aromatic heterocycles. The zero-order valence-corrected chi connectivity index (χ0v) is 29.6. The molecule has 244 valence electrons. The van der Waals surface area contributed by atoms with Crippen molar-refractivity contribution >= 4 is 11.8 Å². The fourth-order valence-corrected chi connectivity index (χ4v) is 9.62. The van der Waals surface area contributed by atoms with Crippen LogP contribution < -0.4 is 4.90 Å². The highest BCUT2D eigenvalue weighted by Crippen LogP contribution is 2.68. The summed E-state index contributed by atoms with van der Waals surface area (Å²) in [7, 11) is 0. The summed E-state index contributed by atoms with van der Waals surface area (Å²) in [4.78, 5) is 6.20. The summed E-state index contributed by atoms with van der Waals surface area (Å²) in [6.07, 6.45) is 24.3. The van der Waals surface area contributed by atoms with E-state index in [1.54, 1.807) is 5.56 Å². The number of hydrogen-bond donors (Lipinski definition) is 0. The maximum Gasteiger partial charge on any atom is 0.269 e. The van der Waals surface area contributed by atoms with Gasteiger partial charge in [0, 0.05) is 29.6 Å². The lowest BCUT2D eigenvalue weighted by atomic mass is 9.43. The summed E-state index contributed by atoms with van der Waals surface area (Å²) in [6.45, 7) is 26.0. The summed E-state index contributed by atoms with van der Waals surface area (Å²) < 4.78 is 6.38. The highest BCUT2D eigenvalue weighted by Gasteiger charge is 2.58. The molecule has 1 atom stereocenters. The van der Waals surface area contributed by atoms with Crippen molar-refractivity contribution in [3.05, 3.63) is 81.3 Å². The number of nitrogens with zero attached hydrogens (tertiary/aromatic N) is 3. The summed E-state index contributed by atoms with van der Waals surface area (Å²) in [5.74, 6) is 1.44. The van der Waals surface area contributed by atoms with Gasteiger partial charge in [-0.2, -0.15) is 0 Å². The van der Waals surface area contributed by atoms with E-state index in [0.717, 1.165) is 12.3 Å². The molecule has 6 aliphatic rings. The number of rotatable bonds is 7. The van der Waals surface area contributed by atoms with E-state index in [9.17, 15) is 5.26 Å². The Labute approximate surface area is 279 Å². The number of allylic oxidation sites excluding steroid dienone is 6. The highest BCUT2D eigenvalue weighted by atomic mass is 16.5. The molecule has 4 heteroatoms. The number of nitriles is 1. The van der Waals surface area contributed by atoms with Crippen molar-refractivity contribution in [2.45, 2.75) is 136 Å². The minimum atomic E-state index is -0.251. The number of anilines is 1. The molecule has 7 rings (SSSR count). The van der Waals surface area contributed by atoms with E-state index < -0.39 is 0 Å². The van der Waals surface area contributed by atoms with Crippen molar-refractivity contribution in [2.24, 2.45) is 16.2 Å². The fraction of sp³-hybridized carbons (Fsp3) is 0.619. The number of unbranched alkanes of at least 4 members (excludes halogenated alkanes) is 2. The van der Waals surface area contributed by atoms with Crippen LogP contribution in [0.1, 0.15) is 142 Å². The average Bonchev–Trinajstić information content (AvgIpc) is 3.04. The van der Waals surface area contributed by atoms with Gasteiger partial charge in [-0.3, -0.25) is 0 Å². The predicted molar refractivity (Wildman–Crippen MR) is 190 cm³/mol.